The number of carbonyl (C=O) groups excluding carboxylic acids is 3. The number of thioether (sulfide) groups is 2. The molecule has 0 spiro atoms. The van der Waals surface area contributed by atoms with Gasteiger partial charge in [0.1, 0.15) is 44.4 Å². The molecule has 3 aliphatic rings. The van der Waals surface area contributed by atoms with Crippen LogP contribution in [-0.2, 0) is 30.8 Å². The van der Waals surface area contributed by atoms with Crippen molar-refractivity contribution >= 4 is 68.8 Å². The van der Waals surface area contributed by atoms with Crippen LogP contribution in [0.25, 0.3) is 0 Å². The number of nitrogens with one attached hydrogen (secondary N) is 5. The highest BCUT2D eigenvalue weighted by molar-refractivity contribution is 8.01. The Morgan fingerprint density at radius 1 is 1.13 bits per heavy atom. The minimum Gasteiger partial charge on any atom is -0.508 e. The molecule has 3 atom stereocenters. The lowest BCUT2D eigenvalue weighted by molar-refractivity contribution is -0.150. The zero-order valence-electron chi connectivity index (χ0n) is 29.0. The maximum Gasteiger partial charge on any atom is 0.352 e. The van der Waals surface area contributed by atoms with E-state index >= 15 is 0 Å². The van der Waals surface area contributed by atoms with E-state index in [4.69, 9.17) is 0 Å². The topological polar surface area (TPSA) is 304 Å². The van der Waals surface area contributed by atoms with Gasteiger partial charge in [-0.15, -0.1) is 16.9 Å². The number of aromatic nitrogens is 6. The van der Waals surface area contributed by atoms with Gasteiger partial charge >= 0.3 is 12.0 Å². The SMILES string of the molecule is CS(=O)(=O)CCn1nnnc1SCC1=C(C(=O)O)N2C(=O)C(NC(=O)C(NC(=O)Nc3cnc(NC4CCC(O)CC4)[nH]c3=O)c3ccc(O)cc3)[C@@H]2SC1. The molecule has 6 rings (SSSR count). The first-order valence-electron chi connectivity index (χ1n) is 16.8. The van der Waals surface area contributed by atoms with Crippen molar-refractivity contribution in [3.8, 4) is 5.75 Å². The van der Waals surface area contributed by atoms with Gasteiger partial charge in [0.05, 0.1) is 24.6 Å². The Morgan fingerprint density at radius 2 is 1.85 bits per heavy atom. The molecule has 0 bridgehead atoms. The summed E-state index contributed by atoms with van der Waals surface area (Å²) in [5.74, 6) is -2.77. The number of nitrogens with zero attached hydrogens (tertiary/aromatic N) is 6. The fraction of sp³-hybridized carbons (Fsp3) is 0.452. The molecule has 8 N–H and O–H groups in total. The first kappa shape index (κ1) is 39.5. The van der Waals surface area contributed by atoms with Crippen LogP contribution in [0, 0.1) is 0 Å². The first-order valence-corrected chi connectivity index (χ1v) is 20.9. The Labute approximate surface area is 321 Å². The Morgan fingerprint density at radius 3 is 2.53 bits per heavy atom. The van der Waals surface area contributed by atoms with E-state index in [0.717, 1.165) is 29.1 Å². The molecule has 24 heteroatoms. The van der Waals surface area contributed by atoms with E-state index < -0.39 is 56.7 Å². The molecule has 55 heavy (non-hydrogen) atoms. The highest BCUT2D eigenvalue weighted by Gasteiger charge is 2.54. The van der Waals surface area contributed by atoms with Gasteiger partial charge in [-0.25, -0.2) is 27.7 Å². The summed E-state index contributed by atoms with van der Waals surface area (Å²) in [4.78, 5) is 73.3. The lowest BCUT2D eigenvalue weighted by atomic mass is 9.93. The Balaban J connectivity index is 1.11. The third-order valence-electron chi connectivity index (χ3n) is 8.95. The van der Waals surface area contributed by atoms with Gasteiger partial charge in [-0.05, 0) is 59.4 Å². The van der Waals surface area contributed by atoms with Crippen LogP contribution in [0.1, 0.15) is 37.3 Å². The molecule has 4 heterocycles. The highest BCUT2D eigenvalue weighted by atomic mass is 32.2. The van der Waals surface area contributed by atoms with E-state index in [9.17, 15) is 47.7 Å². The number of rotatable bonds is 14. The van der Waals surface area contributed by atoms with Crippen LogP contribution >= 0.6 is 23.5 Å². The number of fused-ring (bicyclic) bond motifs is 1. The number of aryl methyl sites for hydroxylation is 1. The highest BCUT2D eigenvalue weighted by Crippen LogP contribution is 2.41. The van der Waals surface area contributed by atoms with Crippen LogP contribution in [0.3, 0.4) is 0 Å². The number of phenolic OH excluding ortho intramolecular Hbond substituents is 1. The summed E-state index contributed by atoms with van der Waals surface area (Å²) >= 11 is 2.29. The average molecular weight is 820 g/mol. The second-order valence-electron chi connectivity index (χ2n) is 13.0. The largest absolute Gasteiger partial charge is 0.508 e. The van der Waals surface area contributed by atoms with Gasteiger partial charge in [0.25, 0.3) is 11.5 Å². The number of carboxylic acids is 1. The van der Waals surface area contributed by atoms with Crippen molar-refractivity contribution in [1.29, 1.82) is 0 Å². The van der Waals surface area contributed by atoms with Gasteiger partial charge in [0.2, 0.25) is 17.0 Å². The number of phenols is 1. The van der Waals surface area contributed by atoms with Gasteiger partial charge in [0.15, 0.2) is 0 Å². The van der Waals surface area contributed by atoms with Gasteiger partial charge in [-0.3, -0.25) is 24.3 Å². The lowest BCUT2D eigenvalue weighted by Crippen LogP contribution is -2.71. The molecular weight excluding hydrogens is 783 g/mol. The monoisotopic (exact) mass is 819 g/mol. The number of hydrogen-bond donors (Lipinski definition) is 8. The number of aromatic amines is 1. The number of aliphatic carboxylic acids is 1. The fourth-order valence-corrected chi connectivity index (χ4v) is 9.00. The Bertz CT molecular complexity index is 2150. The number of tetrazole rings is 1. The molecule has 2 aromatic heterocycles. The van der Waals surface area contributed by atoms with Gasteiger partial charge in [0, 0.05) is 23.8 Å². The number of aliphatic hydroxyl groups excluding tert-OH is 1. The van der Waals surface area contributed by atoms with E-state index in [1.165, 1.54) is 40.7 Å². The fourth-order valence-electron chi connectivity index (χ4n) is 6.10. The molecule has 1 saturated heterocycles. The number of amides is 4. The third-order valence-corrected chi connectivity index (χ3v) is 12.3. The van der Waals surface area contributed by atoms with Crippen LogP contribution in [0.2, 0.25) is 0 Å². The number of carboxylic acid groups (broad SMARTS) is 1. The Kier molecular flexibility index (Phi) is 12.0. The molecule has 0 radical (unpaired) electrons. The van der Waals surface area contributed by atoms with Crippen molar-refractivity contribution in [2.24, 2.45) is 0 Å². The smallest absolute Gasteiger partial charge is 0.352 e. The molecule has 2 fully saturated rings. The zero-order valence-corrected chi connectivity index (χ0v) is 31.5. The van der Waals surface area contributed by atoms with Crippen molar-refractivity contribution in [3.63, 3.8) is 0 Å². The number of sulfone groups is 1. The molecule has 2 unspecified atom stereocenters. The third kappa shape index (κ3) is 9.55. The number of anilines is 2. The van der Waals surface area contributed by atoms with E-state index in [2.05, 4.69) is 46.8 Å². The summed E-state index contributed by atoms with van der Waals surface area (Å²) < 4.78 is 24.5. The number of β-lactam (4-membered cyclic amide) rings is 1. The normalized spacial score (nSPS) is 21.6. The Hall–Kier alpha value is -5.20. The second kappa shape index (κ2) is 16.7. The minimum atomic E-state index is -3.29. The second-order valence-corrected chi connectivity index (χ2v) is 17.3. The molecule has 4 amide bonds. The number of aromatic hydroxyl groups is 1. The molecule has 3 aromatic rings. The quantitative estimate of drug-likeness (QED) is 0.0759. The van der Waals surface area contributed by atoms with Gasteiger partial charge in [-0.2, -0.15) is 0 Å². The molecule has 294 valence electrons. The van der Waals surface area contributed by atoms with Crippen molar-refractivity contribution in [2.75, 3.05) is 34.1 Å². The van der Waals surface area contributed by atoms with Crippen LogP contribution < -0.4 is 26.8 Å². The molecule has 1 aliphatic carbocycles. The number of carbonyl (C=O) groups is 4. The molecule has 21 nitrogen and oxygen atoms in total. The maximum absolute atomic E-state index is 13.7. The number of aliphatic hydroxyl groups is 1. The van der Waals surface area contributed by atoms with Crippen molar-refractivity contribution in [3.05, 3.63) is 57.6 Å². The number of H-pyrrole nitrogens is 1. The summed E-state index contributed by atoms with van der Waals surface area (Å²) in [5, 5.41) is 51.0. The van der Waals surface area contributed by atoms with Crippen molar-refractivity contribution in [2.45, 2.75) is 67.0 Å². The summed E-state index contributed by atoms with van der Waals surface area (Å²) in [6.07, 6.45) is 4.50. The van der Waals surface area contributed by atoms with Crippen molar-refractivity contribution < 1.29 is 42.9 Å². The van der Waals surface area contributed by atoms with Crippen LogP contribution in [-0.4, -0.2) is 130 Å². The number of hydrogen-bond acceptors (Lipinski definition) is 16. The van der Waals surface area contributed by atoms with Gasteiger partial charge < -0.3 is 36.6 Å². The first-order chi connectivity index (χ1) is 26.2. The van der Waals surface area contributed by atoms with Crippen molar-refractivity contribution in [1.82, 2.24) is 45.7 Å². The summed E-state index contributed by atoms with van der Waals surface area (Å²) in [7, 11) is -3.29. The molecular formula is C31H37N11O10S3. The number of benzene rings is 1. The van der Waals surface area contributed by atoms with Crippen LogP contribution in [0.5, 0.6) is 5.75 Å². The maximum atomic E-state index is 13.7. The predicted octanol–water partition coefficient (Wildman–Crippen LogP) is -0.384. The summed E-state index contributed by atoms with van der Waals surface area (Å²) in [6.45, 7) is -0.00230. The van der Waals surface area contributed by atoms with E-state index in [-0.39, 0.29) is 69.8 Å². The molecule has 1 saturated carbocycles. The standard InChI is InChI=1S/C31H37N11O10S3/c1-55(51,52)11-10-41-31(38-39-40-41)54-14-16-13-53-27-22(26(47)42(27)23(16)28(48)49)35-25(46)21(15-2-6-18(43)7-3-15)36-30(50)34-20-12-32-29(37-24(20)45)33-17-4-8-19(44)9-5-17/h2-3,6-7,12,17,19,21-22,27,43-44H,4-5,8-11,13-14H2,1H3,(H,35,46)(H,48,49)(H2,34,36,50)(H2,32,33,37,45)/t17?,19?,21?,22?,27-/m0/s1. The summed E-state index contributed by atoms with van der Waals surface area (Å²) in [5.41, 5.74) is -0.542. The minimum absolute atomic E-state index is 0.00230. The zero-order chi connectivity index (χ0) is 39.4. The van der Waals surface area contributed by atoms with Crippen LogP contribution in [0.4, 0.5) is 16.4 Å². The summed E-state index contributed by atoms with van der Waals surface area (Å²) in [6, 6.07) is 1.82. The number of urea groups is 1. The molecule has 1 aromatic carbocycles. The lowest BCUT2D eigenvalue weighted by Gasteiger charge is -2.49. The average Bonchev–Trinajstić information content (AvgIpc) is 3.60. The van der Waals surface area contributed by atoms with Crippen LogP contribution in [0.15, 0.2) is 51.7 Å². The van der Waals surface area contributed by atoms with E-state index in [1.807, 2.05) is 0 Å². The van der Waals surface area contributed by atoms with E-state index in [0.29, 0.717) is 31.3 Å². The molecule has 2 aliphatic heterocycles. The van der Waals surface area contributed by atoms with E-state index in [1.54, 1.807) is 0 Å². The van der Waals surface area contributed by atoms with Gasteiger partial charge in [-0.1, -0.05) is 23.9 Å². The predicted molar refractivity (Wildman–Crippen MR) is 198 cm³/mol.